The second kappa shape index (κ2) is 6.83. The van der Waals surface area contributed by atoms with E-state index in [0.29, 0.717) is 0 Å². The maximum absolute atomic E-state index is 6.12. The van der Waals surface area contributed by atoms with Crippen LogP contribution in [0.25, 0.3) is 0 Å². The van der Waals surface area contributed by atoms with E-state index in [1.165, 1.54) is 10.4 Å². The number of hydrogen-bond acceptors (Lipinski definition) is 3. The van der Waals surface area contributed by atoms with Crippen LogP contribution in [-0.2, 0) is 6.42 Å². The molecule has 0 radical (unpaired) electrons. The molecule has 20 heavy (non-hydrogen) atoms. The molecule has 0 bridgehead atoms. The monoisotopic (exact) mass is 374 g/mol. The third-order valence-corrected chi connectivity index (χ3v) is 5.84. The van der Waals surface area contributed by atoms with Gasteiger partial charge >= 0.3 is 0 Å². The second-order valence-corrected chi connectivity index (χ2v) is 7.26. The Morgan fingerprint density at radius 3 is 2.45 bits per heavy atom. The fraction of sp³-hybridized carbons (Fsp3) is 0.333. The Kier molecular flexibility index (Phi) is 5.35. The van der Waals surface area contributed by atoms with Crippen LogP contribution in [0, 0.1) is 6.92 Å². The Bertz CT molecular complexity index is 578. The van der Waals surface area contributed by atoms with E-state index in [1.807, 2.05) is 19.1 Å². The fourth-order valence-electron chi connectivity index (χ4n) is 1.95. The number of halogens is 2. The van der Waals surface area contributed by atoms with Crippen molar-refractivity contribution in [2.75, 3.05) is 14.2 Å². The number of hydrogen-bond donors (Lipinski definition) is 0. The summed E-state index contributed by atoms with van der Waals surface area (Å²) < 4.78 is 11.4. The molecule has 0 aliphatic carbocycles. The summed E-state index contributed by atoms with van der Waals surface area (Å²) in [5.74, 6) is 1.50. The van der Waals surface area contributed by atoms with Gasteiger partial charge in [0.2, 0.25) is 0 Å². The number of aryl methyl sites for hydroxylation is 1. The lowest BCUT2D eigenvalue weighted by atomic mass is 10.1. The van der Waals surface area contributed by atoms with Crippen molar-refractivity contribution in [1.82, 2.24) is 0 Å². The molecule has 0 saturated heterocycles. The largest absolute Gasteiger partial charge is 0.493 e. The summed E-state index contributed by atoms with van der Waals surface area (Å²) in [6.07, 6.45) is 0.872. The summed E-state index contributed by atoms with van der Waals surface area (Å²) in [4.78, 5) is 1.49. The number of ether oxygens (including phenoxy) is 2. The molecular formula is C15H16BrClO2S. The third-order valence-electron chi connectivity index (χ3n) is 3.05. The van der Waals surface area contributed by atoms with Crippen LogP contribution >= 0.6 is 38.9 Å². The van der Waals surface area contributed by atoms with Gasteiger partial charge in [-0.05, 0) is 42.7 Å². The lowest BCUT2D eigenvalue weighted by molar-refractivity contribution is 0.354. The molecule has 1 unspecified atom stereocenters. The maximum Gasteiger partial charge on any atom is 0.160 e. The van der Waals surface area contributed by atoms with Crippen molar-refractivity contribution in [1.29, 1.82) is 0 Å². The van der Waals surface area contributed by atoms with Crippen molar-refractivity contribution in [3.63, 3.8) is 0 Å². The molecule has 2 aromatic rings. The molecule has 108 valence electrons. The molecule has 0 aliphatic heterocycles. The van der Waals surface area contributed by atoms with Crippen molar-refractivity contribution >= 4 is 38.9 Å². The SMILES string of the molecule is COc1ccc(CC(Br)c2cc(C)c(Cl)s2)cc1OC. The lowest BCUT2D eigenvalue weighted by Gasteiger charge is -2.11. The smallest absolute Gasteiger partial charge is 0.160 e. The summed E-state index contributed by atoms with van der Waals surface area (Å²) in [6.45, 7) is 2.03. The Balaban J connectivity index is 2.17. The first-order chi connectivity index (χ1) is 9.55. The predicted octanol–water partition coefficient (Wildman–Crippen LogP) is 5.41. The summed E-state index contributed by atoms with van der Waals surface area (Å²) in [5.41, 5.74) is 2.31. The van der Waals surface area contributed by atoms with Crippen LogP contribution in [0.15, 0.2) is 24.3 Å². The van der Waals surface area contributed by atoms with E-state index in [2.05, 4.69) is 28.1 Å². The number of benzene rings is 1. The van der Waals surface area contributed by atoms with Crippen molar-refractivity contribution in [2.45, 2.75) is 18.2 Å². The quantitative estimate of drug-likeness (QED) is 0.651. The van der Waals surface area contributed by atoms with Crippen molar-refractivity contribution in [3.8, 4) is 11.5 Å². The number of thiophene rings is 1. The Morgan fingerprint density at radius 1 is 1.20 bits per heavy atom. The average molecular weight is 376 g/mol. The van der Waals surface area contributed by atoms with Gasteiger partial charge in [-0.2, -0.15) is 0 Å². The lowest BCUT2D eigenvalue weighted by Crippen LogP contribution is -1.96. The zero-order valence-electron chi connectivity index (χ0n) is 11.6. The Hall–Kier alpha value is -0.710. The van der Waals surface area contributed by atoms with E-state index in [4.69, 9.17) is 21.1 Å². The van der Waals surface area contributed by atoms with Gasteiger partial charge < -0.3 is 9.47 Å². The van der Waals surface area contributed by atoms with Gasteiger partial charge in [0.25, 0.3) is 0 Å². The number of alkyl halides is 1. The molecule has 0 fully saturated rings. The minimum absolute atomic E-state index is 0.247. The van der Waals surface area contributed by atoms with Crippen molar-refractivity contribution < 1.29 is 9.47 Å². The molecule has 1 aromatic carbocycles. The summed E-state index contributed by atoms with van der Waals surface area (Å²) in [7, 11) is 3.29. The van der Waals surface area contributed by atoms with Crippen molar-refractivity contribution in [3.05, 3.63) is 44.6 Å². The van der Waals surface area contributed by atoms with Gasteiger partial charge in [-0.1, -0.05) is 33.6 Å². The Morgan fingerprint density at radius 2 is 1.90 bits per heavy atom. The topological polar surface area (TPSA) is 18.5 Å². The minimum atomic E-state index is 0.247. The molecule has 0 aliphatic rings. The minimum Gasteiger partial charge on any atom is -0.493 e. The highest BCUT2D eigenvalue weighted by atomic mass is 79.9. The number of rotatable bonds is 5. The van der Waals surface area contributed by atoms with E-state index >= 15 is 0 Å². The second-order valence-electron chi connectivity index (χ2n) is 4.47. The normalized spacial score (nSPS) is 12.2. The molecule has 0 spiro atoms. The first kappa shape index (κ1) is 15.7. The molecule has 1 heterocycles. The molecule has 5 heteroatoms. The molecule has 2 nitrogen and oxygen atoms in total. The fourth-order valence-corrected chi connectivity index (χ4v) is 3.93. The average Bonchev–Trinajstić information content (AvgIpc) is 2.78. The first-order valence-electron chi connectivity index (χ1n) is 6.16. The first-order valence-corrected chi connectivity index (χ1v) is 8.27. The van der Waals surface area contributed by atoms with Gasteiger partial charge in [0.05, 0.1) is 23.4 Å². The molecule has 0 N–H and O–H groups in total. The van der Waals surface area contributed by atoms with Gasteiger partial charge in [0.1, 0.15) is 0 Å². The Labute approximate surface area is 136 Å². The van der Waals surface area contributed by atoms with Crippen LogP contribution < -0.4 is 9.47 Å². The van der Waals surface area contributed by atoms with Gasteiger partial charge in [-0.15, -0.1) is 11.3 Å². The summed E-state index contributed by atoms with van der Waals surface area (Å²) in [6, 6.07) is 8.13. The third kappa shape index (κ3) is 3.48. The molecule has 1 aromatic heterocycles. The molecule has 0 saturated carbocycles. The van der Waals surface area contributed by atoms with Crippen molar-refractivity contribution in [2.24, 2.45) is 0 Å². The van der Waals surface area contributed by atoms with E-state index in [-0.39, 0.29) is 4.83 Å². The highest BCUT2D eigenvalue weighted by Gasteiger charge is 2.14. The van der Waals surface area contributed by atoms with E-state index in [0.717, 1.165) is 27.8 Å². The molecule has 2 rings (SSSR count). The van der Waals surface area contributed by atoms with Crippen LogP contribution in [0.4, 0.5) is 0 Å². The van der Waals surface area contributed by atoms with E-state index in [9.17, 15) is 0 Å². The molecule has 0 amide bonds. The van der Waals surface area contributed by atoms with Crippen LogP contribution in [0.2, 0.25) is 4.34 Å². The van der Waals surface area contributed by atoms with Gasteiger partial charge in [-0.3, -0.25) is 0 Å². The molecular weight excluding hydrogens is 360 g/mol. The van der Waals surface area contributed by atoms with Crippen LogP contribution in [0.1, 0.15) is 20.8 Å². The maximum atomic E-state index is 6.12. The summed E-state index contributed by atoms with van der Waals surface area (Å²) in [5, 5.41) is 0. The van der Waals surface area contributed by atoms with Crippen LogP contribution in [-0.4, -0.2) is 14.2 Å². The summed E-state index contributed by atoms with van der Waals surface area (Å²) >= 11 is 11.5. The highest BCUT2D eigenvalue weighted by molar-refractivity contribution is 9.09. The zero-order valence-corrected chi connectivity index (χ0v) is 14.7. The van der Waals surface area contributed by atoms with Crippen LogP contribution in [0.3, 0.4) is 0 Å². The molecule has 1 atom stereocenters. The van der Waals surface area contributed by atoms with E-state index < -0.39 is 0 Å². The predicted molar refractivity (Wildman–Crippen MR) is 89.0 cm³/mol. The number of methoxy groups -OCH3 is 2. The van der Waals surface area contributed by atoms with Crippen LogP contribution in [0.5, 0.6) is 11.5 Å². The van der Waals surface area contributed by atoms with Gasteiger partial charge in [0, 0.05) is 4.88 Å². The van der Waals surface area contributed by atoms with Gasteiger partial charge in [-0.25, -0.2) is 0 Å². The standard InChI is InChI=1S/C15H16BrClO2S/c1-9-6-14(20-15(9)17)11(16)7-10-4-5-12(18-2)13(8-10)19-3/h4-6,8,11H,7H2,1-3H3. The van der Waals surface area contributed by atoms with E-state index in [1.54, 1.807) is 25.6 Å². The zero-order chi connectivity index (χ0) is 14.7. The highest BCUT2D eigenvalue weighted by Crippen LogP contribution is 2.38. The van der Waals surface area contributed by atoms with Gasteiger partial charge in [0.15, 0.2) is 11.5 Å².